The molecule has 3 aromatic rings. The van der Waals surface area contributed by atoms with E-state index in [1.807, 2.05) is 18.3 Å². The molecular formula is C28H37N5O2. The van der Waals surface area contributed by atoms with Crippen LogP contribution in [0.2, 0.25) is 0 Å². The summed E-state index contributed by atoms with van der Waals surface area (Å²) in [5, 5.41) is 4.87. The van der Waals surface area contributed by atoms with Crippen LogP contribution in [0.15, 0.2) is 42.7 Å². The summed E-state index contributed by atoms with van der Waals surface area (Å²) in [6.07, 6.45) is 9.55. The minimum absolute atomic E-state index is 0.436. The molecule has 7 heteroatoms. The predicted molar refractivity (Wildman–Crippen MR) is 141 cm³/mol. The Hall–Kier alpha value is -2.90. The summed E-state index contributed by atoms with van der Waals surface area (Å²) in [6, 6.07) is 10.7. The first-order valence-corrected chi connectivity index (χ1v) is 12.9. The predicted octanol–water partition coefficient (Wildman–Crippen LogP) is 4.68. The molecule has 0 aliphatic carbocycles. The van der Waals surface area contributed by atoms with E-state index in [1.165, 1.54) is 25.9 Å². The van der Waals surface area contributed by atoms with Crippen molar-refractivity contribution < 1.29 is 9.47 Å². The van der Waals surface area contributed by atoms with E-state index in [-0.39, 0.29) is 0 Å². The first-order valence-electron chi connectivity index (χ1n) is 12.9. The summed E-state index contributed by atoms with van der Waals surface area (Å²) in [6.45, 7) is 6.40. The zero-order valence-corrected chi connectivity index (χ0v) is 21.0. The Labute approximate surface area is 208 Å². The van der Waals surface area contributed by atoms with Gasteiger partial charge in [0.05, 0.1) is 24.9 Å². The Morgan fingerprint density at radius 2 is 1.89 bits per heavy atom. The largest absolute Gasteiger partial charge is 0.493 e. The van der Waals surface area contributed by atoms with Gasteiger partial charge in [-0.15, -0.1) is 0 Å². The lowest BCUT2D eigenvalue weighted by Gasteiger charge is -2.30. The normalized spacial score (nSPS) is 17.7. The van der Waals surface area contributed by atoms with Gasteiger partial charge in [0.25, 0.3) is 0 Å². The number of hydrogen-bond acceptors (Lipinski definition) is 7. The van der Waals surface area contributed by atoms with E-state index in [2.05, 4.69) is 45.3 Å². The molecule has 2 aliphatic rings. The Bertz CT molecular complexity index is 1110. The summed E-state index contributed by atoms with van der Waals surface area (Å²) < 4.78 is 12.0. The number of benzene rings is 1. The lowest BCUT2D eigenvalue weighted by molar-refractivity contribution is 0.254. The first-order chi connectivity index (χ1) is 17.2. The van der Waals surface area contributed by atoms with Crippen LogP contribution in [0.5, 0.6) is 11.5 Å². The number of pyridine rings is 2. The second-order valence-electron chi connectivity index (χ2n) is 9.79. The minimum Gasteiger partial charge on any atom is -0.493 e. The van der Waals surface area contributed by atoms with Crippen molar-refractivity contribution in [3.05, 3.63) is 42.7 Å². The standard InChI is InChI=1S/C28H37N5O2/c1-32-14-8-22(9-15-32)30-25-18-24(21-7-5-10-29-20-21)31-26-19-28(27(34-2)17-23(25)26)35-16-6-13-33-11-3-4-12-33/h5,7,10,17-20,22H,3-4,6,8-9,11-16H2,1-2H3,(H,30,31). The monoisotopic (exact) mass is 475 g/mol. The van der Waals surface area contributed by atoms with Gasteiger partial charge in [0.15, 0.2) is 11.5 Å². The van der Waals surface area contributed by atoms with E-state index in [0.717, 1.165) is 78.2 Å². The number of anilines is 1. The molecule has 0 spiro atoms. The summed E-state index contributed by atoms with van der Waals surface area (Å²) in [5.41, 5.74) is 3.90. The number of rotatable bonds is 9. The maximum Gasteiger partial charge on any atom is 0.163 e. The van der Waals surface area contributed by atoms with Crippen molar-refractivity contribution in [3.63, 3.8) is 0 Å². The molecule has 2 aliphatic heterocycles. The lowest BCUT2D eigenvalue weighted by atomic mass is 10.0. The van der Waals surface area contributed by atoms with Gasteiger partial charge < -0.3 is 24.6 Å². The number of hydrogen-bond donors (Lipinski definition) is 1. The van der Waals surface area contributed by atoms with Gasteiger partial charge in [0, 0.05) is 47.7 Å². The average Bonchev–Trinajstić information content (AvgIpc) is 3.41. The van der Waals surface area contributed by atoms with Crippen LogP contribution in [0.4, 0.5) is 5.69 Å². The Morgan fingerprint density at radius 3 is 2.63 bits per heavy atom. The number of ether oxygens (including phenoxy) is 2. The molecule has 2 fully saturated rings. The zero-order chi connectivity index (χ0) is 24.0. The molecule has 0 saturated carbocycles. The van der Waals surface area contributed by atoms with Crippen LogP contribution >= 0.6 is 0 Å². The minimum atomic E-state index is 0.436. The van der Waals surface area contributed by atoms with Gasteiger partial charge in [-0.25, -0.2) is 4.98 Å². The molecule has 0 atom stereocenters. The molecule has 7 nitrogen and oxygen atoms in total. The molecule has 0 amide bonds. The highest BCUT2D eigenvalue weighted by Crippen LogP contribution is 2.37. The number of piperidine rings is 1. The number of methoxy groups -OCH3 is 1. The highest BCUT2D eigenvalue weighted by Gasteiger charge is 2.20. The maximum atomic E-state index is 6.21. The Kier molecular flexibility index (Phi) is 7.64. The average molecular weight is 476 g/mol. The SMILES string of the molecule is COc1cc2c(NC3CCN(C)CC3)cc(-c3cccnc3)nc2cc1OCCCN1CCCC1. The van der Waals surface area contributed by atoms with Crippen molar-refractivity contribution in [1.82, 2.24) is 19.8 Å². The van der Waals surface area contributed by atoms with Crippen molar-refractivity contribution in [2.45, 2.75) is 38.1 Å². The van der Waals surface area contributed by atoms with Crippen LogP contribution in [0.25, 0.3) is 22.2 Å². The summed E-state index contributed by atoms with van der Waals surface area (Å²) in [7, 11) is 3.90. The second kappa shape index (κ2) is 11.2. The number of fused-ring (bicyclic) bond motifs is 1. The lowest BCUT2D eigenvalue weighted by Crippen LogP contribution is -2.36. The molecule has 2 saturated heterocycles. The van der Waals surface area contributed by atoms with Crippen LogP contribution in [-0.4, -0.2) is 79.3 Å². The highest BCUT2D eigenvalue weighted by molar-refractivity contribution is 5.96. The summed E-state index contributed by atoms with van der Waals surface area (Å²) >= 11 is 0. The van der Waals surface area contributed by atoms with Gasteiger partial charge in [-0.05, 0) is 89.6 Å². The molecule has 0 unspecified atom stereocenters. The maximum absolute atomic E-state index is 6.21. The Morgan fingerprint density at radius 1 is 1.06 bits per heavy atom. The highest BCUT2D eigenvalue weighted by atomic mass is 16.5. The van der Waals surface area contributed by atoms with E-state index in [9.17, 15) is 0 Å². The fraction of sp³-hybridized carbons (Fsp3) is 0.500. The van der Waals surface area contributed by atoms with E-state index >= 15 is 0 Å². The second-order valence-corrected chi connectivity index (χ2v) is 9.79. The van der Waals surface area contributed by atoms with Crippen molar-refractivity contribution >= 4 is 16.6 Å². The molecule has 1 aromatic carbocycles. The van der Waals surface area contributed by atoms with Gasteiger partial charge in [0.2, 0.25) is 0 Å². The quantitative estimate of drug-likeness (QED) is 0.451. The van der Waals surface area contributed by atoms with Gasteiger partial charge in [-0.2, -0.15) is 0 Å². The molecule has 186 valence electrons. The third kappa shape index (κ3) is 5.85. The van der Waals surface area contributed by atoms with E-state index in [1.54, 1.807) is 13.3 Å². The van der Waals surface area contributed by atoms with Crippen molar-refractivity contribution in [2.24, 2.45) is 0 Å². The zero-order valence-electron chi connectivity index (χ0n) is 21.0. The fourth-order valence-corrected chi connectivity index (χ4v) is 5.14. The van der Waals surface area contributed by atoms with Crippen LogP contribution < -0.4 is 14.8 Å². The molecule has 35 heavy (non-hydrogen) atoms. The van der Waals surface area contributed by atoms with Crippen LogP contribution in [0.1, 0.15) is 32.1 Å². The summed E-state index contributed by atoms with van der Waals surface area (Å²) in [5.74, 6) is 1.50. The van der Waals surface area contributed by atoms with Crippen LogP contribution in [0.3, 0.4) is 0 Å². The van der Waals surface area contributed by atoms with Crippen molar-refractivity contribution in [3.8, 4) is 22.8 Å². The molecule has 0 radical (unpaired) electrons. The number of likely N-dealkylation sites (tertiary alicyclic amines) is 2. The Balaban J connectivity index is 1.43. The van der Waals surface area contributed by atoms with Crippen molar-refractivity contribution in [1.29, 1.82) is 0 Å². The van der Waals surface area contributed by atoms with Crippen LogP contribution in [0, 0.1) is 0 Å². The molecule has 4 heterocycles. The van der Waals surface area contributed by atoms with Gasteiger partial charge in [-0.3, -0.25) is 4.98 Å². The fourth-order valence-electron chi connectivity index (χ4n) is 5.14. The molecule has 2 aromatic heterocycles. The van der Waals surface area contributed by atoms with Gasteiger partial charge in [-0.1, -0.05) is 0 Å². The number of aromatic nitrogens is 2. The van der Waals surface area contributed by atoms with E-state index in [4.69, 9.17) is 14.5 Å². The smallest absolute Gasteiger partial charge is 0.163 e. The van der Waals surface area contributed by atoms with Crippen LogP contribution in [-0.2, 0) is 0 Å². The molecule has 5 rings (SSSR count). The van der Waals surface area contributed by atoms with E-state index in [0.29, 0.717) is 12.6 Å². The summed E-state index contributed by atoms with van der Waals surface area (Å²) in [4.78, 5) is 14.2. The molecular weight excluding hydrogens is 438 g/mol. The molecule has 1 N–H and O–H groups in total. The molecule has 0 bridgehead atoms. The van der Waals surface area contributed by atoms with Gasteiger partial charge >= 0.3 is 0 Å². The van der Waals surface area contributed by atoms with Gasteiger partial charge in [0.1, 0.15) is 0 Å². The third-order valence-electron chi connectivity index (χ3n) is 7.20. The third-order valence-corrected chi connectivity index (χ3v) is 7.20. The number of nitrogens with zero attached hydrogens (tertiary/aromatic N) is 4. The van der Waals surface area contributed by atoms with Crippen molar-refractivity contribution in [2.75, 3.05) is 58.8 Å². The first kappa shape index (κ1) is 23.8. The topological polar surface area (TPSA) is 62.8 Å². The number of nitrogens with one attached hydrogen (secondary N) is 1. The van der Waals surface area contributed by atoms with E-state index < -0.39 is 0 Å².